The zero-order valence-corrected chi connectivity index (χ0v) is 11.3. The maximum atomic E-state index is 11.0. The van der Waals surface area contributed by atoms with Crippen LogP contribution in [0.1, 0.15) is 23.5 Å². The molecular formula is C17H15NO3. The smallest absolute Gasteiger partial charge is 0.348 e. The van der Waals surface area contributed by atoms with Crippen LogP contribution < -0.4 is 0 Å². The molecule has 2 aromatic carbocycles. The Labute approximate surface area is 122 Å². The van der Waals surface area contributed by atoms with E-state index in [1.807, 2.05) is 60.7 Å². The minimum Gasteiger partial charge on any atom is -0.478 e. The second kappa shape index (κ2) is 5.79. The molecule has 0 amide bonds. The maximum absolute atomic E-state index is 11.0. The van der Waals surface area contributed by atoms with E-state index < -0.39 is 12.1 Å². The molecule has 4 heteroatoms. The van der Waals surface area contributed by atoms with Gasteiger partial charge in [-0.05, 0) is 11.1 Å². The van der Waals surface area contributed by atoms with Crippen LogP contribution in [-0.4, -0.2) is 22.9 Å². The average Bonchev–Trinajstić information content (AvgIpc) is 3.00. The number of rotatable bonds is 4. The summed E-state index contributed by atoms with van der Waals surface area (Å²) in [5.74, 6) is -1.05. The van der Waals surface area contributed by atoms with E-state index >= 15 is 0 Å². The molecule has 4 nitrogen and oxygen atoms in total. The number of aliphatic carboxylic acids is 1. The van der Waals surface area contributed by atoms with Crippen molar-refractivity contribution in [1.82, 2.24) is 0 Å². The molecule has 0 unspecified atom stereocenters. The van der Waals surface area contributed by atoms with Crippen LogP contribution in [0.2, 0.25) is 0 Å². The second-order valence-electron chi connectivity index (χ2n) is 4.97. The molecule has 1 atom stereocenters. The fourth-order valence-corrected chi connectivity index (χ4v) is 2.57. The molecular weight excluding hydrogens is 266 g/mol. The van der Waals surface area contributed by atoms with Crippen molar-refractivity contribution in [2.75, 3.05) is 0 Å². The Bertz CT molecular complexity index is 613. The first-order chi connectivity index (χ1) is 10.3. The molecule has 1 heterocycles. The van der Waals surface area contributed by atoms with E-state index in [2.05, 4.69) is 5.16 Å². The van der Waals surface area contributed by atoms with Crippen molar-refractivity contribution < 1.29 is 14.7 Å². The van der Waals surface area contributed by atoms with Gasteiger partial charge >= 0.3 is 5.97 Å². The van der Waals surface area contributed by atoms with E-state index in [1.165, 1.54) is 0 Å². The lowest BCUT2D eigenvalue weighted by molar-refractivity contribution is -0.148. The SMILES string of the molecule is O=C(O)[C@H]1CC(C(c2ccccc2)c2ccccc2)=NO1. The molecule has 1 aliphatic heterocycles. The first kappa shape index (κ1) is 13.4. The molecule has 21 heavy (non-hydrogen) atoms. The van der Waals surface area contributed by atoms with Crippen LogP contribution in [0.15, 0.2) is 65.8 Å². The molecule has 0 aliphatic carbocycles. The lowest BCUT2D eigenvalue weighted by Crippen LogP contribution is -2.22. The monoisotopic (exact) mass is 281 g/mol. The molecule has 0 spiro atoms. The third-order valence-electron chi connectivity index (χ3n) is 3.57. The van der Waals surface area contributed by atoms with Gasteiger partial charge in [-0.25, -0.2) is 4.79 Å². The van der Waals surface area contributed by atoms with Crippen LogP contribution in [0.5, 0.6) is 0 Å². The Kier molecular flexibility index (Phi) is 3.69. The predicted octanol–water partition coefficient (Wildman–Crippen LogP) is 3.05. The van der Waals surface area contributed by atoms with Gasteiger partial charge in [0.2, 0.25) is 6.10 Å². The van der Waals surface area contributed by atoms with Crippen LogP contribution in [-0.2, 0) is 9.63 Å². The van der Waals surface area contributed by atoms with Crippen molar-refractivity contribution in [1.29, 1.82) is 0 Å². The van der Waals surface area contributed by atoms with Gasteiger partial charge in [-0.2, -0.15) is 0 Å². The van der Waals surface area contributed by atoms with Gasteiger partial charge in [0, 0.05) is 6.42 Å². The number of nitrogens with zero attached hydrogens (tertiary/aromatic N) is 1. The Balaban J connectivity index is 1.97. The summed E-state index contributed by atoms with van der Waals surface area (Å²) in [7, 11) is 0. The summed E-state index contributed by atoms with van der Waals surface area (Å²) in [4.78, 5) is 16.1. The number of oxime groups is 1. The van der Waals surface area contributed by atoms with Gasteiger partial charge in [0.1, 0.15) is 0 Å². The predicted molar refractivity (Wildman–Crippen MR) is 79.3 cm³/mol. The van der Waals surface area contributed by atoms with Crippen molar-refractivity contribution in [2.45, 2.75) is 18.4 Å². The molecule has 0 bridgehead atoms. The number of benzene rings is 2. The van der Waals surface area contributed by atoms with Crippen LogP contribution in [0.25, 0.3) is 0 Å². The highest BCUT2D eigenvalue weighted by molar-refractivity contribution is 5.97. The number of carbonyl (C=O) groups is 1. The summed E-state index contributed by atoms with van der Waals surface area (Å²) in [5.41, 5.74) is 2.91. The molecule has 0 aromatic heterocycles. The van der Waals surface area contributed by atoms with Crippen molar-refractivity contribution in [3.63, 3.8) is 0 Å². The van der Waals surface area contributed by atoms with Crippen molar-refractivity contribution in [3.05, 3.63) is 71.8 Å². The summed E-state index contributed by atoms with van der Waals surface area (Å²) in [6, 6.07) is 19.9. The van der Waals surface area contributed by atoms with Gasteiger partial charge in [-0.15, -0.1) is 0 Å². The Morgan fingerprint density at radius 3 is 2.00 bits per heavy atom. The normalized spacial score (nSPS) is 17.4. The largest absolute Gasteiger partial charge is 0.478 e. The van der Waals surface area contributed by atoms with E-state index in [0.29, 0.717) is 6.42 Å². The molecule has 0 saturated carbocycles. The first-order valence-electron chi connectivity index (χ1n) is 6.81. The molecule has 0 fully saturated rings. The number of carboxylic acid groups (broad SMARTS) is 1. The van der Waals surface area contributed by atoms with Gasteiger partial charge in [0.05, 0.1) is 11.6 Å². The molecule has 0 radical (unpaired) electrons. The van der Waals surface area contributed by atoms with Gasteiger partial charge in [-0.3, -0.25) is 0 Å². The van der Waals surface area contributed by atoms with Crippen molar-refractivity contribution in [2.24, 2.45) is 5.16 Å². The first-order valence-corrected chi connectivity index (χ1v) is 6.81. The fraction of sp³-hybridized carbons (Fsp3) is 0.176. The van der Waals surface area contributed by atoms with Crippen molar-refractivity contribution >= 4 is 11.7 Å². The van der Waals surface area contributed by atoms with Crippen LogP contribution in [0.3, 0.4) is 0 Å². The minimum atomic E-state index is -0.978. The number of hydrogen-bond donors (Lipinski definition) is 1. The highest BCUT2D eigenvalue weighted by Crippen LogP contribution is 2.31. The molecule has 1 N–H and O–H groups in total. The van der Waals surface area contributed by atoms with E-state index in [9.17, 15) is 4.79 Å². The summed E-state index contributed by atoms with van der Waals surface area (Å²) >= 11 is 0. The van der Waals surface area contributed by atoms with E-state index in [4.69, 9.17) is 9.94 Å². The van der Waals surface area contributed by atoms with Crippen LogP contribution >= 0.6 is 0 Å². The fourth-order valence-electron chi connectivity index (χ4n) is 2.57. The second-order valence-corrected chi connectivity index (χ2v) is 4.97. The zero-order valence-electron chi connectivity index (χ0n) is 11.3. The van der Waals surface area contributed by atoms with Crippen molar-refractivity contribution in [3.8, 4) is 0 Å². The Morgan fingerprint density at radius 2 is 1.57 bits per heavy atom. The summed E-state index contributed by atoms with van der Waals surface area (Å²) in [6.45, 7) is 0. The quantitative estimate of drug-likeness (QED) is 0.937. The molecule has 1 aliphatic rings. The summed E-state index contributed by atoms with van der Waals surface area (Å²) in [6.07, 6.45) is -0.570. The van der Waals surface area contributed by atoms with Gasteiger partial charge in [0.15, 0.2) is 0 Å². The molecule has 0 saturated heterocycles. The highest BCUT2D eigenvalue weighted by Gasteiger charge is 2.33. The molecule has 3 rings (SSSR count). The average molecular weight is 281 g/mol. The highest BCUT2D eigenvalue weighted by atomic mass is 16.7. The van der Waals surface area contributed by atoms with Crippen LogP contribution in [0.4, 0.5) is 0 Å². The molecule has 2 aromatic rings. The standard InChI is InChI=1S/C17H15NO3/c19-17(20)15-11-14(18-21-15)16(12-7-3-1-4-8-12)13-9-5-2-6-10-13/h1-10,15-16H,11H2,(H,19,20)/t15-/m1/s1. The third kappa shape index (κ3) is 2.79. The third-order valence-corrected chi connectivity index (χ3v) is 3.57. The van der Waals surface area contributed by atoms with E-state index in [-0.39, 0.29) is 5.92 Å². The Morgan fingerprint density at radius 1 is 1.05 bits per heavy atom. The van der Waals surface area contributed by atoms with Crippen LogP contribution in [0, 0.1) is 0 Å². The van der Waals surface area contributed by atoms with E-state index in [1.54, 1.807) is 0 Å². The number of hydrogen-bond acceptors (Lipinski definition) is 3. The molecule has 106 valence electrons. The topological polar surface area (TPSA) is 58.9 Å². The number of carboxylic acids is 1. The summed E-state index contributed by atoms with van der Waals surface area (Å²) < 4.78 is 0. The zero-order chi connectivity index (χ0) is 14.7. The maximum Gasteiger partial charge on any atom is 0.348 e. The Hall–Kier alpha value is -2.62. The lowest BCUT2D eigenvalue weighted by Gasteiger charge is -2.17. The van der Waals surface area contributed by atoms with Gasteiger partial charge in [0.25, 0.3) is 0 Å². The summed E-state index contributed by atoms with van der Waals surface area (Å²) in [5, 5.41) is 13.1. The minimum absolute atomic E-state index is 0.0725. The van der Waals surface area contributed by atoms with Gasteiger partial charge in [-0.1, -0.05) is 65.8 Å². The lowest BCUT2D eigenvalue weighted by atomic mass is 9.85. The van der Waals surface area contributed by atoms with E-state index in [0.717, 1.165) is 16.8 Å². The van der Waals surface area contributed by atoms with Gasteiger partial charge < -0.3 is 9.94 Å².